The van der Waals surface area contributed by atoms with E-state index in [1.807, 2.05) is 20.8 Å². The maximum absolute atomic E-state index is 5.87. The van der Waals surface area contributed by atoms with E-state index in [9.17, 15) is 0 Å². The minimum Gasteiger partial charge on any atom is -0.374 e. The third-order valence-electron chi connectivity index (χ3n) is 3.46. The summed E-state index contributed by atoms with van der Waals surface area (Å²) in [5.41, 5.74) is 0. The maximum Gasteiger partial charge on any atom is 0.500 e. The zero-order chi connectivity index (χ0) is 14.7. The van der Waals surface area contributed by atoms with E-state index in [1.165, 1.54) is 19.4 Å². The van der Waals surface area contributed by atoms with Crippen LogP contribution in [-0.4, -0.2) is 59.8 Å². The van der Waals surface area contributed by atoms with Crippen molar-refractivity contribution in [2.24, 2.45) is 0 Å². The van der Waals surface area contributed by atoms with Crippen LogP contribution >= 0.6 is 0 Å². The van der Waals surface area contributed by atoms with Crippen molar-refractivity contribution in [1.29, 1.82) is 0 Å². The van der Waals surface area contributed by atoms with E-state index in [2.05, 4.69) is 10.2 Å². The molecule has 0 radical (unpaired) electrons. The van der Waals surface area contributed by atoms with Crippen molar-refractivity contribution in [2.45, 2.75) is 46.1 Å². The van der Waals surface area contributed by atoms with Gasteiger partial charge in [-0.1, -0.05) is 0 Å². The maximum atomic E-state index is 5.87. The average molecular weight is 305 g/mol. The zero-order valence-electron chi connectivity index (χ0n) is 13.5. The first-order chi connectivity index (χ1) is 9.76. The van der Waals surface area contributed by atoms with Gasteiger partial charge in [-0.2, -0.15) is 0 Å². The van der Waals surface area contributed by atoms with Gasteiger partial charge in [-0.3, -0.25) is 4.90 Å². The minimum atomic E-state index is -2.42. The molecule has 0 bridgehead atoms. The molecule has 0 unspecified atom stereocenters. The largest absolute Gasteiger partial charge is 0.500 e. The molecule has 1 aliphatic heterocycles. The Labute approximate surface area is 125 Å². The van der Waals surface area contributed by atoms with Gasteiger partial charge in [0.2, 0.25) is 0 Å². The molecule has 0 aliphatic carbocycles. The van der Waals surface area contributed by atoms with Gasteiger partial charge in [0.1, 0.15) is 0 Å². The summed E-state index contributed by atoms with van der Waals surface area (Å²) in [6.45, 7) is 12.6. The summed E-state index contributed by atoms with van der Waals surface area (Å²) >= 11 is 0. The molecule has 0 atom stereocenters. The lowest BCUT2D eigenvalue weighted by Gasteiger charge is -2.29. The fourth-order valence-electron chi connectivity index (χ4n) is 2.61. The van der Waals surface area contributed by atoms with Crippen LogP contribution in [0.3, 0.4) is 0 Å². The summed E-state index contributed by atoms with van der Waals surface area (Å²) in [6, 6.07) is 0.934. The van der Waals surface area contributed by atoms with Crippen LogP contribution in [0, 0.1) is 0 Å². The molecule has 0 aromatic carbocycles. The molecule has 1 heterocycles. The fourth-order valence-corrected chi connectivity index (χ4v) is 5.30. The Morgan fingerprint density at radius 3 is 2.15 bits per heavy atom. The van der Waals surface area contributed by atoms with Gasteiger partial charge < -0.3 is 18.6 Å². The molecule has 0 spiro atoms. The Hall–Kier alpha value is 0.0169. The molecule has 20 heavy (non-hydrogen) atoms. The lowest BCUT2D eigenvalue weighted by Crippen LogP contribution is -2.46. The van der Waals surface area contributed by atoms with Crippen molar-refractivity contribution in [1.82, 2.24) is 10.2 Å². The first-order valence-electron chi connectivity index (χ1n) is 8.11. The van der Waals surface area contributed by atoms with E-state index in [0.29, 0.717) is 19.8 Å². The monoisotopic (exact) mass is 304 g/mol. The first kappa shape index (κ1) is 18.1. The molecule has 5 nitrogen and oxygen atoms in total. The average Bonchev–Trinajstić information content (AvgIpc) is 2.46. The van der Waals surface area contributed by atoms with E-state index < -0.39 is 8.80 Å². The SMILES string of the molecule is CCO[Si](CCCCN1CCCNC1)(OCC)OCC. The summed E-state index contributed by atoms with van der Waals surface area (Å²) in [5.74, 6) is 0. The molecule has 0 aromatic rings. The van der Waals surface area contributed by atoms with Gasteiger partial charge >= 0.3 is 8.80 Å². The predicted molar refractivity (Wildman–Crippen MR) is 83.7 cm³/mol. The van der Waals surface area contributed by atoms with E-state index in [-0.39, 0.29) is 0 Å². The fraction of sp³-hybridized carbons (Fsp3) is 1.00. The van der Waals surface area contributed by atoms with Crippen molar-refractivity contribution in [2.75, 3.05) is 46.1 Å². The van der Waals surface area contributed by atoms with Crippen LogP contribution < -0.4 is 5.32 Å². The van der Waals surface area contributed by atoms with Crippen LogP contribution in [-0.2, 0) is 13.3 Å². The van der Waals surface area contributed by atoms with Crippen LogP contribution in [0.5, 0.6) is 0 Å². The van der Waals surface area contributed by atoms with Crippen LogP contribution in [0.15, 0.2) is 0 Å². The topological polar surface area (TPSA) is 43.0 Å². The van der Waals surface area contributed by atoms with Crippen LogP contribution in [0.4, 0.5) is 0 Å². The number of unbranched alkanes of at least 4 members (excludes halogenated alkanes) is 1. The Kier molecular flexibility index (Phi) is 9.67. The van der Waals surface area contributed by atoms with Gasteiger partial charge in [0, 0.05) is 39.1 Å². The third-order valence-corrected chi connectivity index (χ3v) is 6.61. The number of rotatable bonds is 11. The smallest absolute Gasteiger partial charge is 0.374 e. The number of nitrogens with zero attached hydrogens (tertiary/aromatic N) is 1. The highest BCUT2D eigenvalue weighted by molar-refractivity contribution is 6.60. The lowest BCUT2D eigenvalue weighted by molar-refractivity contribution is 0.0703. The van der Waals surface area contributed by atoms with Crippen molar-refractivity contribution in [3.8, 4) is 0 Å². The minimum absolute atomic E-state index is 0.669. The first-order valence-corrected chi connectivity index (χ1v) is 10.0. The molecule has 1 fully saturated rings. The second kappa shape index (κ2) is 10.7. The molecular weight excluding hydrogens is 272 g/mol. The van der Waals surface area contributed by atoms with E-state index in [1.54, 1.807) is 0 Å². The summed E-state index contributed by atoms with van der Waals surface area (Å²) in [4.78, 5) is 2.48. The Morgan fingerprint density at radius 1 is 1.00 bits per heavy atom. The second-order valence-corrected chi connectivity index (χ2v) is 7.80. The van der Waals surface area contributed by atoms with Gasteiger partial charge in [0.25, 0.3) is 0 Å². The van der Waals surface area contributed by atoms with E-state index >= 15 is 0 Å². The van der Waals surface area contributed by atoms with Crippen molar-refractivity contribution >= 4 is 8.80 Å². The quantitative estimate of drug-likeness (QED) is 0.467. The molecule has 1 rings (SSSR count). The van der Waals surface area contributed by atoms with Crippen molar-refractivity contribution in [3.63, 3.8) is 0 Å². The van der Waals surface area contributed by atoms with Crippen molar-refractivity contribution < 1.29 is 13.3 Å². The summed E-state index contributed by atoms with van der Waals surface area (Å²) in [7, 11) is -2.42. The van der Waals surface area contributed by atoms with Crippen LogP contribution in [0.2, 0.25) is 6.04 Å². The van der Waals surface area contributed by atoms with Gasteiger partial charge in [-0.05, 0) is 53.1 Å². The molecule has 0 saturated carbocycles. The zero-order valence-corrected chi connectivity index (χ0v) is 14.5. The van der Waals surface area contributed by atoms with E-state index in [4.69, 9.17) is 13.3 Å². The highest BCUT2D eigenvalue weighted by atomic mass is 28.4. The summed E-state index contributed by atoms with van der Waals surface area (Å²) in [5, 5.41) is 3.41. The molecule has 6 heteroatoms. The molecule has 0 aromatic heterocycles. The van der Waals surface area contributed by atoms with Gasteiger partial charge in [-0.15, -0.1) is 0 Å². The summed E-state index contributed by atoms with van der Waals surface area (Å²) < 4.78 is 17.6. The lowest BCUT2D eigenvalue weighted by atomic mass is 10.3. The van der Waals surface area contributed by atoms with Crippen LogP contribution in [0.1, 0.15) is 40.0 Å². The highest BCUT2D eigenvalue weighted by Crippen LogP contribution is 2.19. The van der Waals surface area contributed by atoms with Crippen LogP contribution in [0.25, 0.3) is 0 Å². The molecular formula is C14H32N2O3Si. The summed E-state index contributed by atoms with van der Waals surface area (Å²) in [6.07, 6.45) is 3.56. The molecule has 1 N–H and O–H groups in total. The highest BCUT2D eigenvalue weighted by Gasteiger charge is 2.39. The standard InChI is InChI=1S/C14H32N2O3Si/c1-4-17-20(18-5-2,19-6-3)13-8-7-11-16-12-9-10-15-14-16/h15H,4-14H2,1-3H3. The van der Waals surface area contributed by atoms with E-state index in [0.717, 1.165) is 32.2 Å². The van der Waals surface area contributed by atoms with Crippen molar-refractivity contribution in [3.05, 3.63) is 0 Å². The molecule has 0 amide bonds. The number of hydrogen-bond acceptors (Lipinski definition) is 5. The Balaban J connectivity index is 2.28. The normalized spacial score (nSPS) is 17.6. The molecule has 1 aliphatic rings. The van der Waals surface area contributed by atoms with Gasteiger partial charge in [-0.25, -0.2) is 0 Å². The number of nitrogens with one attached hydrogen (secondary N) is 1. The Bertz CT molecular complexity index is 221. The third kappa shape index (κ3) is 6.65. The molecule has 120 valence electrons. The van der Waals surface area contributed by atoms with Gasteiger partial charge in [0.05, 0.1) is 0 Å². The van der Waals surface area contributed by atoms with Gasteiger partial charge in [0.15, 0.2) is 0 Å². The Morgan fingerprint density at radius 2 is 1.65 bits per heavy atom. The number of hydrogen-bond donors (Lipinski definition) is 1. The second-order valence-electron chi connectivity index (χ2n) is 5.07. The predicted octanol–water partition coefficient (Wildman–Crippen LogP) is 2.07. The molecule has 1 saturated heterocycles.